The predicted octanol–water partition coefficient (Wildman–Crippen LogP) is 3.22. The molecule has 1 aromatic rings. The molecule has 0 saturated heterocycles. The van der Waals surface area contributed by atoms with Gasteiger partial charge in [-0.2, -0.15) is 0 Å². The highest BCUT2D eigenvalue weighted by molar-refractivity contribution is 7.16. The molecule has 0 aliphatic rings. The van der Waals surface area contributed by atoms with Crippen LogP contribution in [-0.4, -0.2) is 17.6 Å². The second-order valence-corrected chi connectivity index (χ2v) is 6.64. The van der Waals surface area contributed by atoms with Crippen LogP contribution in [0.4, 0.5) is 0 Å². The van der Waals surface area contributed by atoms with Crippen LogP contribution in [0.5, 0.6) is 0 Å². The van der Waals surface area contributed by atoms with E-state index in [-0.39, 0.29) is 12.0 Å². The molecule has 1 rings (SSSR count). The Hall–Kier alpha value is -0.580. The van der Waals surface area contributed by atoms with Crippen molar-refractivity contribution >= 4 is 28.9 Å². The monoisotopic (exact) mass is 275 g/mol. The molecule has 0 spiro atoms. The van der Waals surface area contributed by atoms with Gasteiger partial charge in [0.2, 0.25) is 0 Å². The van der Waals surface area contributed by atoms with E-state index >= 15 is 0 Å². The van der Waals surface area contributed by atoms with Gasteiger partial charge < -0.3 is 4.74 Å². The van der Waals surface area contributed by atoms with E-state index in [1.807, 2.05) is 32.9 Å². The van der Waals surface area contributed by atoms with Crippen LogP contribution >= 0.6 is 22.9 Å². The van der Waals surface area contributed by atoms with Gasteiger partial charge in [-0.15, -0.1) is 11.3 Å². The summed E-state index contributed by atoms with van der Waals surface area (Å²) in [4.78, 5) is 12.8. The zero-order valence-corrected chi connectivity index (χ0v) is 12.1. The second-order valence-electron chi connectivity index (χ2n) is 4.84. The molecule has 0 saturated carbocycles. The summed E-state index contributed by atoms with van der Waals surface area (Å²) < 4.78 is 6.03. The van der Waals surface area contributed by atoms with Crippen molar-refractivity contribution in [2.45, 2.75) is 45.9 Å². The number of ether oxygens (including phenoxy) is 1. The Morgan fingerprint density at radius 2 is 2.18 bits per heavy atom. The number of carbonyl (C=O) groups is 1. The van der Waals surface area contributed by atoms with Crippen molar-refractivity contribution in [3.05, 3.63) is 21.3 Å². The highest BCUT2D eigenvalue weighted by Gasteiger charge is 2.21. The Morgan fingerprint density at radius 1 is 1.53 bits per heavy atom. The summed E-state index contributed by atoms with van der Waals surface area (Å²) in [5.74, 6) is -0.236. The maximum Gasteiger partial charge on any atom is 0.323 e. The molecule has 0 aromatic carbocycles. The summed E-state index contributed by atoms with van der Waals surface area (Å²) in [5.41, 5.74) is -0.445. The Morgan fingerprint density at radius 3 is 2.65 bits per heavy atom. The molecule has 0 aliphatic carbocycles. The Balaban J connectivity index is 2.39. The highest BCUT2D eigenvalue weighted by atomic mass is 35.5. The molecule has 0 aliphatic heterocycles. The SMILES string of the molecule is CC(NCc1ccc(Cl)s1)C(=O)OC(C)(C)C. The molecule has 1 unspecified atom stereocenters. The van der Waals surface area contributed by atoms with Gasteiger partial charge in [-0.3, -0.25) is 10.1 Å². The van der Waals surface area contributed by atoms with Crippen LogP contribution in [0.1, 0.15) is 32.6 Å². The third kappa shape index (κ3) is 5.52. The fraction of sp³-hybridized carbons (Fsp3) is 0.583. The summed E-state index contributed by atoms with van der Waals surface area (Å²) in [6.07, 6.45) is 0. The van der Waals surface area contributed by atoms with Crippen molar-refractivity contribution in [1.82, 2.24) is 5.32 Å². The fourth-order valence-electron chi connectivity index (χ4n) is 1.17. The summed E-state index contributed by atoms with van der Waals surface area (Å²) in [5, 5.41) is 3.11. The van der Waals surface area contributed by atoms with Crippen LogP contribution in [0.15, 0.2) is 12.1 Å². The number of esters is 1. The molecule has 96 valence electrons. The Labute approximate surface area is 111 Å². The molecule has 1 atom stereocenters. The molecule has 17 heavy (non-hydrogen) atoms. The van der Waals surface area contributed by atoms with Crippen molar-refractivity contribution < 1.29 is 9.53 Å². The number of hydrogen-bond donors (Lipinski definition) is 1. The minimum absolute atomic E-state index is 0.236. The van der Waals surface area contributed by atoms with Crippen molar-refractivity contribution in [3.63, 3.8) is 0 Å². The van der Waals surface area contributed by atoms with Gasteiger partial charge in [0.1, 0.15) is 11.6 Å². The first kappa shape index (κ1) is 14.5. The van der Waals surface area contributed by atoms with Gasteiger partial charge in [0.05, 0.1) is 4.34 Å². The van der Waals surface area contributed by atoms with Gasteiger partial charge in [0.25, 0.3) is 0 Å². The zero-order chi connectivity index (χ0) is 13.1. The number of thiophene rings is 1. The van der Waals surface area contributed by atoms with Crippen LogP contribution in [0.2, 0.25) is 4.34 Å². The number of carbonyl (C=O) groups excluding carboxylic acids is 1. The third-order valence-electron chi connectivity index (χ3n) is 1.97. The summed E-state index contributed by atoms with van der Waals surface area (Å²) in [6, 6.07) is 3.47. The van der Waals surface area contributed by atoms with E-state index in [0.717, 1.165) is 9.21 Å². The van der Waals surface area contributed by atoms with Gasteiger partial charge in [0, 0.05) is 11.4 Å². The fourth-order valence-corrected chi connectivity index (χ4v) is 2.21. The first-order chi connectivity index (χ1) is 7.78. The smallest absolute Gasteiger partial charge is 0.323 e. The highest BCUT2D eigenvalue weighted by Crippen LogP contribution is 2.21. The molecule has 0 fully saturated rings. The van der Waals surface area contributed by atoms with Crippen molar-refractivity contribution in [2.24, 2.45) is 0 Å². The predicted molar refractivity (Wildman–Crippen MR) is 71.5 cm³/mol. The number of nitrogens with one attached hydrogen (secondary N) is 1. The molecule has 1 heterocycles. The Kier molecular flexibility index (Phi) is 4.98. The van der Waals surface area contributed by atoms with Gasteiger partial charge >= 0.3 is 5.97 Å². The first-order valence-corrected chi connectivity index (χ1v) is 6.68. The molecule has 5 heteroatoms. The average Bonchev–Trinajstić information content (AvgIpc) is 2.58. The lowest BCUT2D eigenvalue weighted by atomic mass is 10.2. The van der Waals surface area contributed by atoms with Gasteiger partial charge in [-0.25, -0.2) is 0 Å². The van der Waals surface area contributed by atoms with Crippen LogP contribution in [-0.2, 0) is 16.1 Å². The van der Waals surface area contributed by atoms with E-state index < -0.39 is 5.60 Å². The summed E-state index contributed by atoms with van der Waals surface area (Å²) >= 11 is 7.33. The standard InChI is InChI=1S/C12H18ClNO2S/c1-8(11(15)16-12(2,3)4)14-7-9-5-6-10(13)17-9/h5-6,8,14H,7H2,1-4H3. The van der Waals surface area contributed by atoms with Crippen LogP contribution in [0, 0.1) is 0 Å². The lowest BCUT2D eigenvalue weighted by Gasteiger charge is -2.22. The number of halogens is 1. The molecule has 3 nitrogen and oxygen atoms in total. The molecular formula is C12H18ClNO2S. The lowest BCUT2D eigenvalue weighted by Crippen LogP contribution is -2.38. The van der Waals surface area contributed by atoms with Crippen LogP contribution in [0.3, 0.4) is 0 Å². The number of rotatable bonds is 4. The van der Waals surface area contributed by atoms with Gasteiger partial charge in [0.15, 0.2) is 0 Å². The van der Waals surface area contributed by atoms with E-state index in [4.69, 9.17) is 16.3 Å². The van der Waals surface area contributed by atoms with Crippen molar-refractivity contribution in [1.29, 1.82) is 0 Å². The minimum Gasteiger partial charge on any atom is -0.459 e. The molecule has 0 amide bonds. The van der Waals surface area contributed by atoms with E-state index in [1.165, 1.54) is 11.3 Å². The molecule has 0 bridgehead atoms. The van der Waals surface area contributed by atoms with E-state index in [0.29, 0.717) is 6.54 Å². The molecule has 1 N–H and O–H groups in total. The molecule has 1 aromatic heterocycles. The maximum absolute atomic E-state index is 11.7. The quantitative estimate of drug-likeness (QED) is 0.858. The zero-order valence-electron chi connectivity index (χ0n) is 10.5. The van der Waals surface area contributed by atoms with Crippen molar-refractivity contribution in [2.75, 3.05) is 0 Å². The van der Waals surface area contributed by atoms with Crippen LogP contribution in [0.25, 0.3) is 0 Å². The summed E-state index contributed by atoms with van der Waals surface area (Å²) in [6.45, 7) is 7.99. The van der Waals surface area contributed by atoms with Crippen LogP contribution < -0.4 is 5.32 Å². The van der Waals surface area contributed by atoms with E-state index in [1.54, 1.807) is 6.92 Å². The van der Waals surface area contributed by atoms with E-state index in [2.05, 4.69) is 5.32 Å². The van der Waals surface area contributed by atoms with E-state index in [9.17, 15) is 4.79 Å². The first-order valence-electron chi connectivity index (χ1n) is 5.48. The third-order valence-corrected chi connectivity index (χ3v) is 3.20. The second kappa shape index (κ2) is 5.85. The average molecular weight is 276 g/mol. The molecular weight excluding hydrogens is 258 g/mol. The molecule has 0 radical (unpaired) electrons. The normalized spacial score (nSPS) is 13.5. The van der Waals surface area contributed by atoms with Gasteiger partial charge in [-0.1, -0.05) is 11.6 Å². The lowest BCUT2D eigenvalue weighted by molar-refractivity contribution is -0.157. The minimum atomic E-state index is -0.445. The summed E-state index contributed by atoms with van der Waals surface area (Å²) in [7, 11) is 0. The Bertz CT molecular complexity index is 384. The van der Waals surface area contributed by atoms with Gasteiger partial charge in [-0.05, 0) is 39.8 Å². The van der Waals surface area contributed by atoms with Crippen molar-refractivity contribution in [3.8, 4) is 0 Å². The number of hydrogen-bond acceptors (Lipinski definition) is 4. The maximum atomic E-state index is 11.7. The topological polar surface area (TPSA) is 38.3 Å². The largest absolute Gasteiger partial charge is 0.459 e.